The van der Waals surface area contributed by atoms with Crippen LogP contribution < -0.4 is 4.31 Å². The van der Waals surface area contributed by atoms with E-state index in [1.165, 1.54) is 11.4 Å². The Hall–Kier alpha value is -1.54. The van der Waals surface area contributed by atoms with E-state index in [0.717, 1.165) is 0 Å². The van der Waals surface area contributed by atoms with Crippen LogP contribution in [0.4, 0.5) is 5.69 Å². The SMILES string of the molecule is CCS(=O)(=O)N(C)c1cccc(C#N)c1. The van der Waals surface area contributed by atoms with Gasteiger partial charge >= 0.3 is 0 Å². The van der Waals surface area contributed by atoms with E-state index < -0.39 is 10.0 Å². The molecule has 0 saturated heterocycles. The largest absolute Gasteiger partial charge is 0.273 e. The Kier molecular flexibility index (Phi) is 3.32. The van der Waals surface area contributed by atoms with Crippen LogP contribution in [0.1, 0.15) is 12.5 Å². The topological polar surface area (TPSA) is 61.2 Å². The van der Waals surface area contributed by atoms with Gasteiger partial charge in [0.25, 0.3) is 0 Å². The van der Waals surface area contributed by atoms with E-state index in [1.54, 1.807) is 31.2 Å². The molecule has 0 aliphatic heterocycles. The normalized spacial score (nSPS) is 10.7. The summed E-state index contributed by atoms with van der Waals surface area (Å²) in [6.07, 6.45) is 0. The predicted octanol–water partition coefficient (Wildman–Crippen LogP) is 1.34. The smallest absolute Gasteiger partial charge is 0.234 e. The van der Waals surface area contributed by atoms with Gasteiger partial charge in [0, 0.05) is 7.05 Å². The third-order valence-electron chi connectivity index (χ3n) is 2.12. The molecule has 0 aromatic heterocycles. The number of nitrogens with zero attached hydrogens (tertiary/aromatic N) is 2. The van der Waals surface area contributed by atoms with Crippen molar-refractivity contribution in [3.63, 3.8) is 0 Å². The first kappa shape index (κ1) is 11.5. The lowest BCUT2D eigenvalue weighted by Gasteiger charge is -2.18. The summed E-state index contributed by atoms with van der Waals surface area (Å²) in [5, 5.41) is 8.69. The van der Waals surface area contributed by atoms with Gasteiger partial charge in [-0.25, -0.2) is 8.42 Å². The minimum Gasteiger partial charge on any atom is -0.273 e. The average Bonchev–Trinajstić information content (AvgIpc) is 2.28. The maximum absolute atomic E-state index is 11.5. The predicted molar refractivity (Wildman–Crippen MR) is 59.0 cm³/mol. The summed E-state index contributed by atoms with van der Waals surface area (Å²) in [5.74, 6) is 0.0419. The molecule has 4 nitrogen and oxygen atoms in total. The molecule has 1 rings (SSSR count). The van der Waals surface area contributed by atoms with Gasteiger partial charge in [0.05, 0.1) is 23.1 Å². The van der Waals surface area contributed by atoms with Crippen LogP contribution in [0.2, 0.25) is 0 Å². The van der Waals surface area contributed by atoms with Crippen LogP contribution in [-0.2, 0) is 10.0 Å². The van der Waals surface area contributed by atoms with Gasteiger partial charge in [-0.05, 0) is 25.1 Å². The summed E-state index contributed by atoms with van der Waals surface area (Å²) in [4.78, 5) is 0. The van der Waals surface area contributed by atoms with Gasteiger partial charge in [0.2, 0.25) is 10.0 Å². The van der Waals surface area contributed by atoms with Crippen molar-refractivity contribution < 1.29 is 8.42 Å². The van der Waals surface area contributed by atoms with Gasteiger partial charge in [0.1, 0.15) is 0 Å². The summed E-state index contributed by atoms with van der Waals surface area (Å²) in [6.45, 7) is 1.58. The molecule has 0 aliphatic carbocycles. The fourth-order valence-corrected chi connectivity index (χ4v) is 1.95. The molecule has 80 valence electrons. The number of benzene rings is 1. The lowest BCUT2D eigenvalue weighted by molar-refractivity contribution is 0.595. The van der Waals surface area contributed by atoms with E-state index >= 15 is 0 Å². The second-order valence-corrected chi connectivity index (χ2v) is 5.32. The average molecular weight is 224 g/mol. The first-order chi connectivity index (χ1) is 7.01. The van der Waals surface area contributed by atoms with Gasteiger partial charge in [-0.15, -0.1) is 0 Å². The third-order valence-corrected chi connectivity index (χ3v) is 3.90. The van der Waals surface area contributed by atoms with Gasteiger partial charge in [0.15, 0.2) is 0 Å². The molecule has 1 aromatic rings. The van der Waals surface area contributed by atoms with E-state index in [0.29, 0.717) is 11.3 Å². The maximum Gasteiger partial charge on any atom is 0.234 e. The molecule has 0 N–H and O–H groups in total. The Balaban J connectivity index is 3.13. The molecule has 0 unspecified atom stereocenters. The summed E-state index contributed by atoms with van der Waals surface area (Å²) in [7, 11) is -1.77. The van der Waals surface area contributed by atoms with Crippen molar-refractivity contribution in [3.05, 3.63) is 29.8 Å². The molecule has 0 fully saturated rings. The van der Waals surface area contributed by atoms with E-state index in [1.807, 2.05) is 6.07 Å². The van der Waals surface area contributed by atoms with Gasteiger partial charge in [-0.3, -0.25) is 4.31 Å². The fourth-order valence-electron chi connectivity index (χ4n) is 1.13. The highest BCUT2D eigenvalue weighted by Gasteiger charge is 2.15. The molecule has 0 aliphatic rings. The number of sulfonamides is 1. The highest BCUT2D eigenvalue weighted by Crippen LogP contribution is 2.17. The molecule has 0 radical (unpaired) electrons. The van der Waals surface area contributed by atoms with E-state index in [9.17, 15) is 8.42 Å². The van der Waals surface area contributed by atoms with Crippen molar-refractivity contribution in [2.75, 3.05) is 17.1 Å². The fraction of sp³-hybridized carbons (Fsp3) is 0.300. The quantitative estimate of drug-likeness (QED) is 0.778. The van der Waals surface area contributed by atoms with Crippen LogP contribution in [0.25, 0.3) is 0 Å². The lowest BCUT2D eigenvalue weighted by Crippen LogP contribution is -2.27. The highest BCUT2D eigenvalue weighted by atomic mass is 32.2. The van der Waals surface area contributed by atoms with Gasteiger partial charge in [-0.2, -0.15) is 5.26 Å². The van der Waals surface area contributed by atoms with Crippen LogP contribution >= 0.6 is 0 Å². The molecule has 0 amide bonds. The zero-order chi connectivity index (χ0) is 11.5. The van der Waals surface area contributed by atoms with E-state index in [4.69, 9.17) is 5.26 Å². The maximum atomic E-state index is 11.5. The summed E-state index contributed by atoms with van der Waals surface area (Å²) in [5.41, 5.74) is 0.960. The molecular weight excluding hydrogens is 212 g/mol. The Morgan fingerprint density at radius 3 is 2.67 bits per heavy atom. The number of nitriles is 1. The van der Waals surface area contributed by atoms with Crippen LogP contribution in [0, 0.1) is 11.3 Å². The molecule has 0 atom stereocenters. The second kappa shape index (κ2) is 4.32. The number of hydrogen-bond donors (Lipinski definition) is 0. The Morgan fingerprint density at radius 2 is 2.13 bits per heavy atom. The first-order valence-electron chi connectivity index (χ1n) is 4.48. The Bertz CT molecular complexity index is 488. The van der Waals surface area contributed by atoms with Gasteiger partial charge < -0.3 is 0 Å². The number of anilines is 1. The molecule has 0 spiro atoms. The molecular formula is C10H12N2O2S. The zero-order valence-corrected chi connectivity index (χ0v) is 9.45. The zero-order valence-electron chi connectivity index (χ0n) is 8.64. The molecule has 0 heterocycles. The van der Waals surface area contributed by atoms with Crippen molar-refractivity contribution in [2.45, 2.75) is 6.92 Å². The van der Waals surface area contributed by atoms with Crippen LogP contribution in [0.3, 0.4) is 0 Å². The first-order valence-corrected chi connectivity index (χ1v) is 6.09. The molecule has 5 heteroatoms. The van der Waals surface area contributed by atoms with Crippen molar-refractivity contribution in [1.29, 1.82) is 5.26 Å². The van der Waals surface area contributed by atoms with Crippen LogP contribution in [0.5, 0.6) is 0 Å². The van der Waals surface area contributed by atoms with E-state index in [-0.39, 0.29) is 5.75 Å². The molecule has 0 saturated carbocycles. The van der Waals surface area contributed by atoms with Crippen LogP contribution in [-0.4, -0.2) is 21.2 Å². The number of hydrogen-bond acceptors (Lipinski definition) is 3. The second-order valence-electron chi connectivity index (χ2n) is 3.03. The summed E-state index contributed by atoms with van der Waals surface area (Å²) >= 11 is 0. The molecule has 1 aromatic carbocycles. The summed E-state index contributed by atoms with van der Waals surface area (Å²) < 4.78 is 24.3. The minimum absolute atomic E-state index is 0.0419. The van der Waals surface area contributed by atoms with Crippen LogP contribution in [0.15, 0.2) is 24.3 Å². The Morgan fingerprint density at radius 1 is 1.47 bits per heavy atom. The highest BCUT2D eigenvalue weighted by molar-refractivity contribution is 7.92. The van der Waals surface area contributed by atoms with E-state index in [2.05, 4.69) is 0 Å². The minimum atomic E-state index is -3.25. The van der Waals surface area contributed by atoms with Crippen molar-refractivity contribution in [2.24, 2.45) is 0 Å². The van der Waals surface area contributed by atoms with Crippen molar-refractivity contribution in [3.8, 4) is 6.07 Å². The van der Waals surface area contributed by atoms with Crippen molar-refractivity contribution >= 4 is 15.7 Å². The molecule has 0 bridgehead atoms. The number of rotatable bonds is 3. The lowest BCUT2D eigenvalue weighted by atomic mass is 10.2. The standard InChI is InChI=1S/C10H12N2O2S/c1-3-15(13,14)12(2)10-6-4-5-9(7-10)8-11/h4-7H,3H2,1-2H3. The molecule has 15 heavy (non-hydrogen) atoms. The van der Waals surface area contributed by atoms with Gasteiger partial charge in [-0.1, -0.05) is 6.07 Å². The third kappa shape index (κ3) is 2.48. The van der Waals surface area contributed by atoms with Crippen molar-refractivity contribution in [1.82, 2.24) is 0 Å². The Labute approximate surface area is 89.8 Å². The summed E-state index contributed by atoms with van der Waals surface area (Å²) in [6, 6.07) is 8.48. The monoisotopic (exact) mass is 224 g/mol.